The topological polar surface area (TPSA) is 49.9 Å². The van der Waals surface area contributed by atoms with Gasteiger partial charge in [0.2, 0.25) is 5.91 Å². The number of ether oxygens (including phenoxy) is 1. The lowest BCUT2D eigenvalue weighted by molar-refractivity contribution is -0.140. The lowest BCUT2D eigenvalue weighted by Gasteiger charge is -2.37. The molecule has 0 aromatic heterocycles. The van der Waals surface area contributed by atoms with Gasteiger partial charge in [-0.15, -0.1) is 0 Å². The largest absolute Gasteiger partial charge is 0.494 e. The summed E-state index contributed by atoms with van der Waals surface area (Å²) in [5.41, 5.74) is 2.23. The summed E-state index contributed by atoms with van der Waals surface area (Å²) in [6.45, 7) is 14.6. The SMILES string of the molecule is CCOc1cc(C)c(C(=O)N2CCN(C(=O)C(C)(C)C)CC2)cc1C. The van der Waals surface area contributed by atoms with Crippen molar-refractivity contribution in [3.63, 3.8) is 0 Å². The van der Waals surface area contributed by atoms with E-state index in [2.05, 4.69) is 0 Å². The molecule has 1 fully saturated rings. The Morgan fingerprint density at radius 1 is 1.00 bits per heavy atom. The van der Waals surface area contributed by atoms with Crippen LogP contribution in [0.2, 0.25) is 0 Å². The van der Waals surface area contributed by atoms with E-state index in [0.717, 1.165) is 22.4 Å². The van der Waals surface area contributed by atoms with Crippen LogP contribution in [0.4, 0.5) is 0 Å². The van der Waals surface area contributed by atoms with Crippen LogP contribution in [0.15, 0.2) is 12.1 Å². The summed E-state index contributed by atoms with van der Waals surface area (Å²) in [5, 5.41) is 0. The van der Waals surface area contributed by atoms with Crippen LogP contribution in [0, 0.1) is 19.3 Å². The van der Waals surface area contributed by atoms with Crippen LogP contribution >= 0.6 is 0 Å². The molecule has 5 heteroatoms. The van der Waals surface area contributed by atoms with Gasteiger partial charge in [0.25, 0.3) is 5.91 Å². The fraction of sp³-hybridized carbons (Fsp3) is 0.600. The molecule has 0 radical (unpaired) electrons. The van der Waals surface area contributed by atoms with Gasteiger partial charge in [0, 0.05) is 37.2 Å². The Hall–Kier alpha value is -2.04. The molecule has 2 amide bonds. The van der Waals surface area contributed by atoms with E-state index < -0.39 is 0 Å². The number of carbonyl (C=O) groups is 2. The van der Waals surface area contributed by atoms with Gasteiger partial charge in [-0.05, 0) is 44.0 Å². The first kappa shape index (κ1) is 19.3. The summed E-state index contributed by atoms with van der Waals surface area (Å²) in [6, 6.07) is 3.85. The monoisotopic (exact) mass is 346 g/mol. The second-order valence-electron chi connectivity index (χ2n) is 7.70. The first-order chi connectivity index (χ1) is 11.6. The molecule has 0 N–H and O–H groups in total. The molecule has 1 heterocycles. The molecule has 0 atom stereocenters. The highest BCUT2D eigenvalue weighted by Crippen LogP contribution is 2.25. The van der Waals surface area contributed by atoms with Crippen molar-refractivity contribution in [1.29, 1.82) is 0 Å². The molecule has 0 spiro atoms. The first-order valence-electron chi connectivity index (χ1n) is 8.97. The van der Waals surface area contributed by atoms with Gasteiger partial charge in [0.05, 0.1) is 6.61 Å². The van der Waals surface area contributed by atoms with Crippen molar-refractivity contribution in [3.05, 3.63) is 28.8 Å². The molecule has 25 heavy (non-hydrogen) atoms. The predicted molar refractivity (Wildman–Crippen MR) is 99.0 cm³/mol. The minimum Gasteiger partial charge on any atom is -0.494 e. The summed E-state index contributed by atoms with van der Waals surface area (Å²) < 4.78 is 5.60. The highest BCUT2D eigenvalue weighted by molar-refractivity contribution is 5.96. The van der Waals surface area contributed by atoms with Gasteiger partial charge >= 0.3 is 0 Å². The van der Waals surface area contributed by atoms with E-state index >= 15 is 0 Å². The quantitative estimate of drug-likeness (QED) is 0.845. The third-order valence-corrected chi connectivity index (χ3v) is 4.55. The lowest BCUT2D eigenvalue weighted by Crippen LogP contribution is -2.53. The second kappa shape index (κ2) is 7.46. The number of nitrogens with zero attached hydrogens (tertiary/aromatic N) is 2. The van der Waals surface area contributed by atoms with Crippen LogP contribution in [0.1, 0.15) is 49.2 Å². The molecule has 1 aromatic carbocycles. The highest BCUT2D eigenvalue weighted by Gasteiger charge is 2.31. The minimum atomic E-state index is -0.380. The number of hydrogen-bond acceptors (Lipinski definition) is 3. The van der Waals surface area contributed by atoms with E-state index in [9.17, 15) is 9.59 Å². The van der Waals surface area contributed by atoms with Crippen LogP contribution in [0.5, 0.6) is 5.75 Å². The third kappa shape index (κ3) is 4.33. The zero-order valence-electron chi connectivity index (χ0n) is 16.3. The Morgan fingerprint density at radius 2 is 1.56 bits per heavy atom. The molecule has 1 aliphatic heterocycles. The minimum absolute atomic E-state index is 0.0338. The highest BCUT2D eigenvalue weighted by atomic mass is 16.5. The Kier molecular flexibility index (Phi) is 5.76. The number of amides is 2. The van der Waals surface area contributed by atoms with E-state index in [1.165, 1.54) is 0 Å². The van der Waals surface area contributed by atoms with Crippen molar-refractivity contribution in [2.45, 2.75) is 41.5 Å². The van der Waals surface area contributed by atoms with Gasteiger partial charge in [-0.1, -0.05) is 20.8 Å². The predicted octanol–water partition coefficient (Wildman–Crippen LogP) is 3.03. The first-order valence-corrected chi connectivity index (χ1v) is 8.97. The van der Waals surface area contributed by atoms with Crippen LogP contribution in [0.3, 0.4) is 0 Å². The molecule has 0 bridgehead atoms. The maximum atomic E-state index is 12.9. The number of benzene rings is 1. The second-order valence-corrected chi connectivity index (χ2v) is 7.70. The van der Waals surface area contributed by atoms with E-state index in [1.54, 1.807) is 0 Å². The smallest absolute Gasteiger partial charge is 0.254 e. The maximum Gasteiger partial charge on any atom is 0.254 e. The molecule has 138 valence electrons. The molecule has 0 saturated carbocycles. The van der Waals surface area contributed by atoms with Gasteiger partial charge in [0.1, 0.15) is 5.75 Å². The van der Waals surface area contributed by atoms with Crippen molar-refractivity contribution in [2.75, 3.05) is 32.8 Å². The van der Waals surface area contributed by atoms with Gasteiger partial charge in [-0.25, -0.2) is 0 Å². The fourth-order valence-electron chi connectivity index (χ4n) is 3.09. The van der Waals surface area contributed by atoms with E-state index in [0.29, 0.717) is 32.8 Å². The molecule has 1 aromatic rings. The summed E-state index contributed by atoms with van der Waals surface area (Å²) >= 11 is 0. The van der Waals surface area contributed by atoms with Crippen molar-refractivity contribution in [1.82, 2.24) is 9.80 Å². The number of hydrogen-bond donors (Lipinski definition) is 0. The van der Waals surface area contributed by atoms with E-state index in [-0.39, 0.29) is 17.2 Å². The summed E-state index contributed by atoms with van der Waals surface area (Å²) in [4.78, 5) is 29.0. The van der Waals surface area contributed by atoms with Gasteiger partial charge in [-0.3, -0.25) is 9.59 Å². The number of rotatable bonds is 3. The Balaban J connectivity index is 2.08. The Labute approximate surface area is 150 Å². The van der Waals surface area contributed by atoms with Crippen molar-refractivity contribution < 1.29 is 14.3 Å². The van der Waals surface area contributed by atoms with Crippen LogP contribution in [0.25, 0.3) is 0 Å². The van der Waals surface area contributed by atoms with Crippen molar-refractivity contribution >= 4 is 11.8 Å². The summed E-state index contributed by atoms with van der Waals surface area (Å²) in [5.74, 6) is 1.01. The van der Waals surface area contributed by atoms with Crippen molar-refractivity contribution in [2.24, 2.45) is 5.41 Å². The van der Waals surface area contributed by atoms with Gasteiger partial charge in [-0.2, -0.15) is 0 Å². The number of piperazine rings is 1. The Morgan fingerprint density at radius 3 is 2.08 bits per heavy atom. The zero-order valence-corrected chi connectivity index (χ0v) is 16.3. The molecular formula is C20H30N2O3. The fourth-order valence-corrected chi connectivity index (χ4v) is 3.09. The van der Waals surface area contributed by atoms with Crippen LogP contribution in [-0.4, -0.2) is 54.4 Å². The normalized spacial score (nSPS) is 15.3. The molecule has 0 aliphatic carbocycles. The molecule has 0 unspecified atom stereocenters. The Bertz CT molecular complexity index is 654. The standard InChI is InChI=1S/C20H30N2O3/c1-7-25-17-13-14(2)16(12-15(17)3)18(23)21-8-10-22(11-9-21)19(24)20(4,5)6/h12-13H,7-11H2,1-6H3. The van der Waals surface area contributed by atoms with E-state index in [1.807, 2.05) is 63.5 Å². The molecule has 5 nitrogen and oxygen atoms in total. The summed E-state index contributed by atoms with van der Waals surface area (Å²) in [6.07, 6.45) is 0. The van der Waals surface area contributed by atoms with E-state index in [4.69, 9.17) is 4.74 Å². The molecular weight excluding hydrogens is 316 g/mol. The van der Waals surface area contributed by atoms with Crippen LogP contribution in [-0.2, 0) is 4.79 Å². The maximum absolute atomic E-state index is 12.9. The number of carbonyl (C=O) groups excluding carboxylic acids is 2. The van der Waals surface area contributed by atoms with Gasteiger partial charge < -0.3 is 14.5 Å². The van der Waals surface area contributed by atoms with Crippen LogP contribution < -0.4 is 4.74 Å². The van der Waals surface area contributed by atoms with Crippen molar-refractivity contribution in [3.8, 4) is 5.75 Å². The van der Waals surface area contributed by atoms with Gasteiger partial charge in [0.15, 0.2) is 0 Å². The summed E-state index contributed by atoms with van der Waals surface area (Å²) in [7, 11) is 0. The molecule has 1 aliphatic rings. The lowest BCUT2D eigenvalue weighted by atomic mass is 9.94. The molecule has 1 saturated heterocycles. The third-order valence-electron chi connectivity index (χ3n) is 4.55. The average Bonchev–Trinajstić information content (AvgIpc) is 2.56. The zero-order chi connectivity index (χ0) is 18.8. The molecule has 2 rings (SSSR count). The average molecular weight is 346 g/mol. The number of aryl methyl sites for hydroxylation is 2.